The minimum Gasteiger partial charge on any atom is -0.398 e. The molecule has 0 aliphatic rings. The van der Waals surface area contributed by atoms with Crippen LogP contribution in [0.2, 0.25) is 0 Å². The van der Waals surface area contributed by atoms with Crippen LogP contribution in [-0.2, 0) is 10.0 Å². The second-order valence-electron chi connectivity index (χ2n) is 4.36. The summed E-state index contributed by atoms with van der Waals surface area (Å²) in [6.45, 7) is 4.41. The zero-order valence-electron chi connectivity index (χ0n) is 10.1. The molecule has 0 unspecified atom stereocenters. The fourth-order valence-corrected chi connectivity index (χ4v) is 3.34. The molecule has 6 heteroatoms. The first kappa shape index (κ1) is 14.5. The fraction of sp³-hybridized carbons (Fsp3) is 0.455. The molecule has 17 heavy (non-hydrogen) atoms. The second kappa shape index (κ2) is 5.37. The van der Waals surface area contributed by atoms with E-state index in [0.717, 1.165) is 4.47 Å². The Morgan fingerprint density at radius 3 is 2.47 bits per heavy atom. The molecule has 0 atom stereocenters. The van der Waals surface area contributed by atoms with Crippen LogP contribution in [0.4, 0.5) is 5.69 Å². The monoisotopic (exact) mass is 320 g/mol. The van der Waals surface area contributed by atoms with Gasteiger partial charge in [0.05, 0.1) is 5.69 Å². The van der Waals surface area contributed by atoms with E-state index in [0.29, 0.717) is 6.54 Å². The molecule has 0 spiro atoms. The van der Waals surface area contributed by atoms with Gasteiger partial charge in [0, 0.05) is 18.1 Å². The molecule has 0 fully saturated rings. The van der Waals surface area contributed by atoms with Gasteiger partial charge in [0.2, 0.25) is 10.0 Å². The highest BCUT2D eigenvalue weighted by atomic mass is 79.9. The van der Waals surface area contributed by atoms with Gasteiger partial charge in [0.25, 0.3) is 0 Å². The number of rotatable bonds is 4. The van der Waals surface area contributed by atoms with Crippen LogP contribution >= 0.6 is 15.9 Å². The van der Waals surface area contributed by atoms with Crippen molar-refractivity contribution in [2.75, 3.05) is 19.3 Å². The van der Waals surface area contributed by atoms with E-state index in [1.54, 1.807) is 19.2 Å². The van der Waals surface area contributed by atoms with Gasteiger partial charge in [-0.1, -0.05) is 29.8 Å². The van der Waals surface area contributed by atoms with E-state index >= 15 is 0 Å². The van der Waals surface area contributed by atoms with Gasteiger partial charge in [0.15, 0.2) is 0 Å². The molecule has 1 rings (SSSR count). The highest BCUT2D eigenvalue weighted by molar-refractivity contribution is 9.10. The first-order valence-electron chi connectivity index (χ1n) is 5.26. The number of anilines is 1. The lowest BCUT2D eigenvalue weighted by molar-refractivity contribution is 0.417. The van der Waals surface area contributed by atoms with E-state index in [1.165, 1.54) is 10.4 Å². The largest absolute Gasteiger partial charge is 0.398 e. The SMILES string of the molecule is CC(C)CN(C)S(=O)(=O)c1ccc(Br)cc1N. The number of sulfonamides is 1. The van der Waals surface area contributed by atoms with Crippen LogP contribution in [0.15, 0.2) is 27.6 Å². The van der Waals surface area contributed by atoms with Gasteiger partial charge in [-0.15, -0.1) is 0 Å². The molecular weight excluding hydrogens is 304 g/mol. The number of hydrogen-bond acceptors (Lipinski definition) is 3. The van der Waals surface area contributed by atoms with Crippen LogP contribution in [0.25, 0.3) is 0 Å². The van der Waals surface area contributed by atoms with Crippen LogP contribution in [0.5, 0.6) is 0 Å². The van der Waals surface area contributed by atoms with E-state index in [-0.39, 0.29) is 16.5 Å². The Kier molecular flexibility index (Phi) is 4.57. The summed E-state index contributed by atoms with van der Waals surface area (Å²) >= 11 is 3.25. The molecule has 0 saturated heterocycles. The lowest BCUT2D eigenvalue weighted by Crippen LogP contribution is -2.30. The summed E-state index contributed by atoms with van der Waals surface area (Å²) in [7, 11) is -1.93. The first-order valence-corrected chi connectivity index (χ1v) is 7.50. The average Bonchev–Trinajstić information content (AvgIpc) is 2.15. The van der Waals surface area contributed by atoms with E-state index < -0.39 is 10.0 Å². The second-order valence-corrected chi connectivity index (χ2v) is 7.29. The van der Waals surface area contributed by atoms with Crippen molar-refractivity contribution < 1.29 is 8.42 Å². The maximum Gasteiger partial charge on any atom is 0.244 e. The van der Waals surface area contributed by atoms with Crippen LogP contribution in [0.3, 0.4) is 0 Å². The van der Waals surface area contributed by atoms with Gasteiger partial charge in [-0.2, -0.15) is 0 Å². The van der Waals surface area contributed by atoms with Crippen LogP contribution < -0.4 is 5.73 Å². The molecule has 0 amide bonds. The molecule has 0 radical (unpaired) electrons. The predicted octanol–water partition coefficient (Wildman–Crippen LogP) is 2.31. The molecule has 0 aromatic heterocycles. The number of nitrogens with zero attached hydrogens (tertiary/aromatic N) is 1. The van der Waals surface area contributed by atoms with Gasteiger partial charge >= 0.3 is 0 Å². The molecular formula is C11H17BrN2O2S. The van der Waals surface area contributed by atoms with Gasteiger partial charge < -0.3 is 5.73 Å². The van der Waals surface area contributed by atoms with Gasteiger partial charge in [-0.3, -0.25) is 0 Å². The summed E-state index contributed by atoms with van der Waals surface area (Å²) in [6, 6.07) is 4.79. The van der Waals surface area contributed by atoms with E-state index in [9.17, 15) is 8.42 Å². The standard InChI is InChI=1S/C11H17BrN2O2S/c1-8(2)7-14(3)17(15,16)11-5-4-9(12)6-10(11)13/h4-6,8H,7,13H2,1-3H3. The van der Waals surface area contributed by atoms with Crippen LogP contribution in [0, 0.1) is 5.92 Å². The molecule has 4 nitrogen and oxygen atoms in total. The maximum absolute atomic E-state index is 12.2. The molecule has 1 aromatic carbocycles. The third-order valence-electron chi connectivity index (χ3n) is 2.28. The summed E-state index contributed by atoms with van der Waals surface area (Å²) in [5.74, 6) is 0.270. The summed E-state index contributed by atoms with van der Waals surface area (Å²) in [5, 5.41) is 0. The van der Waals surface area contributed by atoms with E-state index in [2.05, 4.69) is 15.9 Å². The van der Waals surface area contributed by atoms with E-state index in [1.807, 2.05) is 13.8 Å². The zero-order valence-corrected chi connectivity index (χ0v) is 12.5. The summed E-state index contributed by atoms with van der Waals surface area (Å²) < 4.78 is 26.6. The minimum absolute atomic E-state index is 0.156. The molecule has 0 heterocycles. The average molecular weight is 321 g/mol. The summed E-state index contributed by atoms with van der Waals surface area (Å²) in [5.41, 5.74) is 6.00. The Balaban J connectivity index is 3.13. The zero-order chi connectivity index (χ0) is 13.2. The molecule has 2 N–H and O–H groups in total. The fourth-order valence-electron chi connectivity index (χ4n) is 1.53. The van der Waals surface area contributed by atoms with Gasteiger partial charge in [-0.25, -0.2) is 12.7 Å². The van der Waals surface area contributed by atoms with Crippen molar-refractivity contribution >= 4 is 31.6 Å². The Morgan fingerprint density at radius 1 is 1.41 bits per heavy atom. The number of hydrogen-bond donors (Lipinski definition) is 1. The normalized spacial score (nSPS) is 12.4. The summed E-state index contributed by atoms with van der Waals surface area (Å²) in [6.07, 6.45) is 0. The smallest absolute Gasteiger partial charge is 0.244 e. The molecule has 0 saturated carbocycles. The van der Waals surface area contributed by atoms with Gasteiger partial charge in [-0.05, 0) is 24.1 Å². The van der Waals surface area contributed by atoms with Crippen molar-refractivity contribution in [2.45, 2.75) is 18.7 Å². The number of nitrogen functional groups attached to an aromatic ring is 1. The maximum atomic E-state index is 12.2. The number of benzene rings is 1. The highest BCUT2D eigenvalue weighted by Gasteiger charge is 2.23. The van der Waals surface area contributed by atoms with Crippen molar-refractivity contribution in [3.05, 3.63) is 22.7 Å². The molecule has 1 aromatic rings. The van der Waals surface area contributed by atoms with Crippen molar-refractivity contribution in [1.29, 1.82) is 0 Å². The summed E-state index contributed by atoms with van der Waals surface area (Å²) in [4.78, 5) is 0.156. The lowest BCUT2D eigenvalue weighted by Gasteiger charge is -2.20. The third kappa shape index (κ3) is 3.43. The lowest BCUT2D eigenvalue weighted by atomic mass is 10.2. The van der Waals surface area contributed by atoms with Crippen molar-refractivity contribution in [3.63, 3.8) is 0 Å². The Morgan fingerprint density at radius 2 is 2.00 bits per heavy atom. The Labute approximate surface area is 111 Å². The molecule has 0 aliphatic heterocycles. The topological polar surface area (TPSA) is 63.4 Å². The van der Waals surface area contributed by atoms with Crippen LogP contribution in [0.1, 0.15) is 13.8 Å². The quantitative estimate of drug-likeness (QED) is 0.866. The minimum atomic E-state index is -3.49. The third-order valence-corrected chi connectivity index (χ3v) is 4.67. The predicted molar refractivity (Wildman–Crippen MR) is 73.2 cm³/mol. The number of nitrogens with two attached hydrogens (primary N) is 1. The van der Waals surface area contributed by atoms with Gasteiger partial charge in [0.1, 0.15) is 4.90 Å². The van der Waals surface area contributed by atoms with E-state index in [4.69, 9.17) is 5.73 Å². The van der Waals surface area contributed by atoms with Crippen molar-refractivity contribution in [3.8, 4) is 0 Å². The Bertz CT molecular complexity index is 500. The van der Waals surface area contributed by atoms with Crippen molar-refractivity contribution in [2.24, 2.45) is 5.92 Å². The van der Waals surface area contributed by atoms with Crippen molar-refractivity contribution in [1.82, 2.24) is 4.31 Å². The molecule has 96 valence electrons. The van der Waals surface area contributed by atoms with Crippen LogP contribution in [-0.4, -0.2) is 26.3 Å². The highest BCUT2D eigenvalue weighted by Crippen LogP contribution is 2.25. The first-order chi connectivity index (χ1) is 7.75. The molecule has 0 bridgehead atoms. The molecule has 0 aliphatic carbocycles. The Hall–Kier alpha value is -0.590. The number of halogens is 1.